The number of nitrogen functional groups attached to an aromatic ring is 1. The molecule has 1 aromatic heterocycles. The number of thiophene rings is 1. The molecule has 2 heterocycles. The Labute approximate surface area is 147 Å². The average Bonchev–Trinajstić information content (AvgIpc) is 2.99. The fraction of sp³-hybridized carbons (Fsp3) is 0.412. The summed E-state index contributed by atoms with van der Waals surface area (Å²) in [5.41, 5.74) is 7.59. The van der Waals surface area contributed by atoms with Gasteiger partial charge < -0.3 is 5.73 Å². The molecule has 5 nitrogen and oxygen atoms in total. The summed E-state index contributed by atoms with van der Waals surface area (Å²) >= 11 is 1.78. The number of hydrogen-bond acceptors (Lipinski definition) is 5. The van der Waals surface area contributed by atoms with Gasteiger partial charge in [-0.3, -0.25) is 4.90 Å². The van der Waals surface area contributed by atoms with Crippen molar-refractivity contribution < 1.29 is 8.42 Å². The third-order valence-electron chi connectivity index (χ3n) is 4.59. The van der Waals surface area contributed by atoms with Gasteiger partial charge in [0.15, 0.2) is 0 Å². The second-order valence-corrected chi connectivity index (χ2v) is 8.96. The molecule has 3 rings (SSSR count). The summed E-state index contributed by atoms with van der Waals surface area (Å²) in [7, 11) is -3.49. The van der Waals surface area contributed by atoms with Crippen LogP contribution in [0.15, 0.2) is 40.6 Å². The molecule has 3 N–H and O–H groups in total. The summed E-state index contributed by atoms with van der Waals surface area (Å²) in [6.45, 7) is 5.47. The van der Waals surface area contributed by atoms with Gasteiger partial charge in [-0.2, -0.15) is 0 Å². The third kappa shape index (κ3) is 3.49. The highest BCUT2D eigenvalue weighted by atomic mass is 32.2. The smallest absolute Gasteiger partial charge is 0.240 e. The number of anilines is 1. The van der Waals surface area contributed by atoms with Crippen molar-refractivity contribution in [3.8, 4) is 0 Å². The van der Waals surface area contributed by atoms with Crippen LogP contribution in [0.25, 0.3) is 0 Å². The van der Waals surface area contributed by atoms with Crippen molar-refractivity contribution in [3.63, 3.8) is 0 Å². The van der Waals surface area contributed by atoms with Gasteiger partial charge in [-0.1, -0.05) is 0 Å². The first-order chi connectivity index (χ1) is 11.4. The van der Waals surface area contributed by atoms with E-state index in [1.807, 2.05) is 0 Å². The van der Waals surface area contributed by atoms with E-state index in [0.717, 1.165) is 6.42 Å². The van der Waals surface area contributed by atoms with E-state index in [0.29, 0.717) is 30.9 Å². The zero-order valence-corrected chi connectivity index (χ0v) is 15.5. The maximum absolute atomic E-state index is 12.3. The van der Waals surface area contributed by atoms with Crippen molar-refractivity contribution in [2.24, 2.45) is 0 Å². The zero-order chi connectivity index (χ0) is 17.3. The minimum atomic E-state index is -3.49. The zero-order valence-electron chi connectivity index (χ0n) is 13.9. The summed E-state index contributed by atoms with van der Waals surface area (Å²) in [6, 6.07) is 9.19. The number of fused-ring (bicyclic) bond motifs is 1. The van der Waals surface area contributed by atoms with Gasteiger partial charge in [-0.05, 0) is 61.5 Å². The molecule has 1 aliphatic heterocycles. The number of sulfonamides is 1. The van der Waals surface area contributed by atoms with E-state index in [-0.39, 0.29) is 4.90 Å². The summed E-state index contributed by atoms with van der Waals surface area (Å²) in [5, 5.41) is 2.14. The van der Waals surface area contributed by atoms with Crippen molar-refractivity contribution in [3.05, 3.63) is 46.2 Å². The lowest BCUT2D eigenvalue weighted by atomic mass is 9.97. The molecule has 0 amide bonds. The average molecular weight is 366 g/mol. The first-order valence-corrected chi connectivity index (χ1v) is 10.4. The molecule has 2 atom stereocenters. The molecule has 24 heavy (non-hydrogen) atoms. The highest BCUT2D eigenvalue weighted by molar-refractivity contribution is 7.89. The van der Waals surface area contributed by atoms with Crippen molar-refractivity contribution in [2.75, 3.05) is 18.8 Å². The number of benzene rings is 1. The predicted octanol–water partition coefficient (Wildman–Crippen LogP) is 2.62. The molecule has 0 unspecified atom stereocenters. The fourth-order valence-electron chi connectivity index (χ4n) is 3.30. The van der Waals surface area contributed by atoms with Gasteiger partial charge in [0.25, 0.3) is 0 Å². The van der Waals surface area contributed by atoms with E-state index >= 15 is 0 Å². The summed E-state index contributed by atoms with van der Waals surface area (Å²) in [6.07, 6.45) is 1.02. The van der Waals surface area contributed by atoms with Crippen LogP contribution in [0.5, 0.6) is 0 Å². The van der Waals surface area contributed by atoms with Crippen LogP contribution in [0.4, 0.5) is 5.69 Å². The van der Waals surface area contributed by atoms with E-state index in [4.69, 9.17) is 5.73 Å². The Morgan fingerprint density at radius 3 is 2.67 bits per heavy atom. The Morgan fingerprint density at radius 2 is 1.96 bits per heavy atom. The van der Waals surface area contributed by atoms with E-state index in [9.17, 15) is 8.42 Å². The lowest BCUT2D eigenvalue weighted by Crippen LogP contribution is -2.44. The van der Waals surface area contributed by atoms with E-state index in [1.165, 1.54) is 22.6 Å². The number of nitrogens with zero attached hydrogens (tertiary/aromatic N) is 1. The van der Waals surface area contributed by atoms with Crippen LogP contribution in [0, 0.1) is 0 Å². The molecule has 0 saturated heterocycles. The van der Waals surface area contributed by atoms with E-state index in [2.05, 4.69) is 34.9 Å². The topological polar surface area (TPSA) is 75.4 Å². The number of rotatable bonds is 5. The molecule has 130 valence electrons. The molecule has 2 aromatic rings. The van der Waals surface area contributed by atoms with Gasteiger partial charge in [-0.25, -0.2) is 13.1 Å². The Balaban J connectivity index is 1.63. The number of nitrogens with two attached hydrogens (primary N) is 1. The van der Waals surface area contributed by atoms with E-state index < -0.39 is 10.0 Å². The Hall–Kier alpha value is -1.41. The van der Waals surface area contributed by atoms with Crippen LogP contribution >= 0.6 is 11.3 Å². The van der Waals surface area contributed by atoms with Crippen molar-refractivity contribution in [1.82, 2.24) is 9.62 Å². The molecule has 0 aliphatic carbocycles. The lowest BCUT2D eigenvalue weighted by molar-refractivity contribution is 0.145. The van der Waals surface area contributed by atoms with Crippen LogP contribution in [0.2, 0.25) is 0 Å². The maximum Gasteiger partial charge on any atom is 0.240 e. The van der Waals surface area contributed by atoms with Gasteiger partial charge in [0.2, 0.25) is 10.0 Å². The third-order valence-corrected chi connectivity index (χ3v) is 7.20. The molecular weight excluding hydrogens is 342 g/mol. The van der Waals surface area contributed by atoms with Crippen molar-refractivity contribution in [1.29, 1.82) is 0 Å². The minimum absolute atomic E-state index is 0.247. The van der Waals surface area contributed by atoms with Crippen LogP contribution in [0.1, 0.15) is 30.3 Å². The molecule has 1 aromatic carbocycles. The Kier molecular flexibility index (Phi) is 4.96. The molecule has 0 fully saturated rings. The Morgan fingerprint density at radius 1 is 1.25 bits per heavy atom. The number of hydrogen-bond donors (Lipinski definition) is 2. The summed E-state index contributed by atoms with van der Waals surface area (Å²) < 4.78 is 27.4. The molecule has 1 aliphatic rings. The molecule has 0 spiro atoms. The van der Waals surface area contributed by atoms with Gasteiger partial charge in [0, 0.05) is 35.7 Å². The molecule has 0 radical (unpaired) electrons. The van der Waals surface area contributed by atoms with Crippen LogP contribution in [0.3, 0.4) is 0 Å². The monoisotopic (exact) mass is 365 g/mol. The van der Waals surface area contributed by atoms with Gasteiger partial charge >= 0.3 is 0 Å². The summed E-state index contributed by atoms with van der Waals surface area (Å²) in [4.78, 5) is 4.01. The first-order valence-electron chi connectivity index (χ1n) is 8.05. The molecule has 7 heteroatoms. The quantitative estimate of drug-likeness (QED) is 0.799. The van der Waals surface area contributed by atoms with Crippen molar-refractivity contribution >= 4 is 27.0 Å². The Bertz CT molecular complexity index is 799. The second-order valence-electron chi connectivity index (χ2n) is 6.24. The van der Waals surface area contributed by atoms with Gasteiger partial charge in [0.05, 0.1) is 4.90 Å². The maximum atomic E-state index is 12.3. The SMILES string of the molecule is C[C@@H]1Cc2ccsc2[C@H](C)N1CCNS(=O)(=O)c1ccc(N)cc1. The highest BCUT2D eigenvalue weighted by Gasteiger charge is 2.29. The van der Waals surface area contributed by atoms with Crippen LogP contribution in [-0.4, -0.2) is 32.4 Å². The molecular formula is C17H23N3O2S2. The van der Waals surface area contributed by atoms with Crippen molar-refractivity contribution in [2.45, 2.75) is 37.2 Å². The normalized spacial score (nSPS) is 21.6. The van der Waals surface area contributed by atoms with E-state index in [1.54, 1.807) is 23.5 Å². The predicted molar refractivity (Wildman–Crippen MR) is 98.6 cm³/mol. The number of nitrogens with one attached hydrogen (secondary N) is 1. The lowest BCUT2D eigenvalue weighted by Gasteiger charge is -2.38. The summed E-state index contributed by atoms with van der Waals surface area (Å²) in [5.74, 6) is 0. The largest absolute Gasteiger partial charge is 0.399 e. The standard InChI is InChI=1S/C17H23N3O2S2/c1-12-11-14-7-10-23-17(14)13(2)20(12)9-8-19-24(21,22)16-5-3-15(18)4-6-16/h3-7,10,12-13,19H,8-9,11,18H2,1-2H3/t12-,13+/m1/s1. The molecule has 0 bridgehead atoms. The first kappa shape index (κ1) is 17.4. The minimum Gasteiger partial charge on any atom is -0.399 e. The second kappa shape index (κ2) is 6.84. The van der Waals surface area contributed by atoms with Gasteiger partial charge in [-0.15, -0.1) is 11.3 Å². The van der Waals surface area contributed by atoms with Crippen LogP contribution < -0.4 is 10.5 Å². The molecule has 0 saturated carbocycles. The highest BCUT2D eigenvalue weighted by Crippen LogP contribution is 2.35. The van der Waals surface area contributed by atoms with Crippen LogP contribution in [-0.2, 0) is 16.4 Å². The fourth-order valence-corrected chi connectivity index (χ4v) is 5.34. The van der Waals surface area contributed by atoms with Gasteiger partial charge in [0.1, 0.15) is 0 Å².